The number of nitrogens with two attached hydrogens (primary N) is 1. The molecule has 2 saturated heterocycles. The number of pyridine rings is 1. The molecule has 2 aliphatic heterocycles. The molecule has 1 aromatic carbocycles. The number of rotatable bonds is 2. The lowest BCUT2D eigenvalue weighted by molar-refractivity contribution is 0.0156. The molecule has 0 radical (unpaired) electrons. The highest BCUT2D eigenvalue weighted by Crippen LogP contribution is 2.33. The van der Waals surface area contributed by atoms with E-state index >= 15 is 0 Å². The number of hydrogen-bond acceptors (Lipinski definition) is 5. The first-order chi connectivity index (χ1) is 14.2. The van der Waals surface area contributed by atoms with Crippen molar-refractivity contribution < 1.29 is 14.3 Å². The first-order valence-electron chi connectivity index (χ1n) is 10.1. The van der Waals surface area contributed by atoms with E-state index in [1.165, 1.54) is 0 Å². The third-order valence-corrected chi connectivity index (χ3v) is 5.44. The second-order valence-electron chi connectivity index (χ2n) is 8.80. The number of hydrogen-bond donors (Lipinski definition) is 2. The number of amides is 3. The van der Waals surface area contributed by atoms with Crippen molar-refractivity contribution in [2.75, 3.05) is 24.1 Å². The van der Waals surface area contributed by atoms with Gasteiger partial charge >= 0.3 is 12.1 Å². The molecule has 2 atom stereocenters. The van der Waals surface area contributed by atoms with Gasteiger partial charge in [-0.05, 0) is 62.6 Å². The smallest absolute Gasteiger partial charge is 0.410 e. The standard InChI is InChI=1S/C22H27N5O3/c1-22(2,3)30-21(29)27-13-16-11-17(27)12-26(16)20(28)25-19-10-15(4-5-18(19)23)14-6-8-24-9-7-14/h4-10,16-17H,11-13,23H2,1-3H3,(H,25,28). The Morgan fingerprint density at radius 3 is 2.37 bits per heavy atom. The summed E-state index contributed by atoms with van der Waals surface area (Å²) >= 11 is 0. The van der Waals surface area contributed by atoms with Crippen molar-refractivity contribution >= 4 is 23.5 Å². The summed E-state index contributed by atoms with van der Waals surface area (Å²) in [5, 5.41) is 2.94. The lowest BCUT2D eigenvalue weighted by atomic mass is 10.1. The summed E-state index contributed by atoms with van der Waals surface area (Å²) < 4.78 is 5.48. The maximum absolute atomic E-state index is 12.9. The Morgan fingerprint density at radius 1 is 1.07 bits per heavy atom. The van der Waals surface area contributed by atoms with Crippen molar-refractivity contribution in [3.05, 3.63) is 42.7 Å². The topological polar surface area (TPSA) is 101 Å². The number of aromatic nitrogens is 1. The number of likely N-dealkylation sites (tertiary alicyclic amines) is 2. The Morgan fingerprint density at radius 2 is 1.73 bits per heavy atom. The van der Waals surface area contributed by atoms with E-state index in [4.69, 9.17) is 10.5 Å². The summed E-state index contributed by atoms with van der Waals surface area (Å²) in [6, 6.07) is 9.13. The molecule has 8 nitrogen and oxygen atoms in total. The number of nitrogens with zero attached hydrogens (tertiary/aromatic N) is 3. The van der Waals surface area contributed by atoms with Crippen LogP contribution in [0, 0.1) is 0 Å². The molecular formula is C22H27N5O3. The van der Waals surface area contributed by atoms with Gasteiger partial charge < -0.3 is 25.6 Å². The van der Waals surface area contributed by atoms with E-state index in [1.54, 1.807) is 28.3 Å². The molecular weight excluding hydrogens is 382 g/mol. The minimum absolute atomic E-state index is 0.0175. The fraction of sp³-hybridized carbons (Fsp3) is 0.409. The predicted octanol–water partition coefficient (Wildman–Crippen LogP) is 3.56. The van der Waals surface area contributed by atoms with E-state index < -0.39 is 5.60 Å². The van der Waals surface area contributed by atoms with Crippen LogP contribution in [-0.2, 0) is 4.74 Å². The highest BCUT2D eigenvalue weighted by Gasteiger charge is 2.48. The number of benzene rings is 1. The third-order valence-electron chi connectivity index (χ3n) is 5.44. The van der Waals surface area contributed by atoms with E-state index in [-0.39, 0.29) is 24.2 Å². The first-order valence-corrected chi connectivity index (χ1v) is 10.1. The Balaban J connectivity index is 1.42. The van der Waals surface area contributed by atoms with Crippen LogP contribution in [0.5, 0.6) is 0 Å². The molecule has 3 amide bonds. The second-order valence-corrected chi connectivity index (χ2v) is 8.80. The van der Waals surface area contributed by atoms with E-state index in [2.05, 4.69) is 10.3 Å². The van der Waals surface area contributed by atoms with Crippen molar-refractivity contribution in [1.29, 1.82) is 0 Å². The number of carbonyl (C=O) groups is 2. The highest BCUT2D eigenvalue weighted by atomic mass is 16.6. The van der Waals surface area contributed by atoms with Crippen molar-refractivity contribution in [3.8, 4) is 11.1 Å². The molecule has 30 heavy (non-hydrogen) atoms. The largest absolute Gasteiger partial charge is 0.444 e. The SMILES string of the molecule is CC(C)(C)OC(=O)N1CC2CC1CN2C(=O)Nc1cc(-c2ccncc2)ccc1N. The van der Waals surface area contributed by atoms with E-state index in [0.29, 0.717) is 24.5 Å². The van der Waals surface area contributed by atoms with Crippen LogP contribution in [0.1, 0.15) is 27.2 Å². The Hall–Kier alpha value is -3.29. The van der Waals surface area contributed by atoms with E-state index in [0.717, 1.165) is 17.5 Å². The third kappa shape index (κ3) is 4.03. The molecule has 8 heteroatoms. The summed E-state index contributed by atoms with van der Waals surface area (Å²) in [6.45, 7) is 6.52. The molecule has 158 valence electrons. The quantitative estimate of drug-likeness (QED) is 0.739. The first kappa shape index (κ1) is 20.0. The van der Waals surface area contributed by atoms with Gasteiger partial charge in [-0.1, -0.05) is 6.07 Å². The number of piperazine rings is 1. The molecule has 0 aliphatic carbocycles. The van der Waals surface area contributed by atoms with Crippen LogP contribution in [0.15, 0.2) is 42.7 Å². The van der Waals surface area contributed by atoms with E-state index in [9.17, 15) is 9.59 Å². The van der Waals surface area contributed by atoms with Crippen LogP contribution < -0.4 is 11.1 Å². The molecule has 2 bridgehead atoms. The normalized spacial score (nSPS) is 20.4. The second kappa shape index (κ2) is 7.51. The number of nitrogen functional groups attached to an aromatic ring is 1. The molecule has 4 rings (SSSR count). The van der Waals surface area contributed by atoms with Crippen molar-refractivity contribution in [3.63, 3.8) is 0 Å². The van der Waals surface area contributed by atoms with Crippen LogP contribution in [0.25, 0.3) is 11.1 Å². The maximum Gasteiger partial charge on any atom is 0.410 e. The van der Waals surface area contributed by atoms with Crippen LogP contribution in [0.2, 0.25) is 0 Å². The van der Waals surface area contributed by atoms with Crippen LogP contribution in [0.4, 0.5) is 21.0 Å². The lowest BCUT2D eigenvalue weighted by Gasteiger charge is -2.35. The zero-order valence-corrected chi connectivity index (χ0v) is 17.5. The lowest BCUT2D eigenvalue weighted by Crippen LogP contribution is -2.52. The maximum atomic E-state index is 12.9. The minimum atomic E-state index is -0.534. The van der Waals surface area contributed by atoms with Gasteiger partial charge in [0.05, 0.1) is 23.5 Å². The number of fused-ring (bicyclic) bond motifs is 2. The average Bonchev–Trinajstić information content (AvgIpc) is 3.30. The monoisotopic (exact) mass is 409 g/mol. The van der Waals surface area contributed by atoms with Crippen LogP contribution in [-0.4, -0.2) is 57.7 Å². The highest BCUT2D eigenvalue weighted by molar-refractivity contribution is 5.94. The minimum Gasteiger partial charge on any atom is -0.444 e. The molecule has 3 heterocycles. The van der Waals surface area contributed by atoms with Gasteiger partial charge in [-0.25, -0.2) is 9.59 Å². The zero-order valence-electron chi connectivity index (χ0n) is 17.5. The van der Waals surface area contributed by atoms with Gasteiger partial charge in [-0.3, -0.25) is 4.98 Å². The molecule has 2 aromatic rings. The van der Waals surface area contributed by atoms with Crippen LogP contribution >= 0.6 is 0 Å². The van der Waals surface area contributed by atoms with Gasteiger partial charge in [-0.2, -0.15) is 0 Å². The molecule has 3 N–H and O–H groups in total. The summed E-state index contributed by atoms with van der Waals surface area (Å²) in [5.74, 6) is 0. The van der Waals surface area contributed by atoms with Gasteiger partial charge in [0, 0.05) is 25.5 Å². The number of carbonyl (C=O) groups excluding carboxylic acids is 2. The average molecular weight is 409 g/mol. The fourth-order valence-corrected chi connectivity index (χ4v) is 4.04. The molecule has 2 unspecified atom stereocenters. The summed E-state index contributed by atoms with van der Waals surface area (Å²) in [4.78, 5) is 32.9. The van der Waals surface area contributed by atoms with Gasteiger partial charge in [0.15, 0.2) is 0 Å². The van der Waals surface area contributed by atoms with Gasteiger partial charge in [-0.15, -0.1) is 0 Å². The Bertz CT molecular complexity index is 957. The van der Waals surface area contributed by atoms with Crippen molar-refractivity contribution in [1.82, 2.24) is 14.8 Å². The van der Waals surface area contributed by atoms with E-state index in [1.807, 2.05) is 45.0 Å². The number of nitrogens with one attached hydrogen (secondary N) is 1. The molecule has 2 aliphatic rings. The molecule has 0 spiro atoms. The molecule has 2 fully saturated rings. The summed E-state index contributed by atoms with van der Waals surface area (Å²) in [7, 11) is 0. The Kier molecular flexibility index (Phi) is 5.01. The number of ether oxygens (including phenoxy) is 1. The van der Waals surface area contributed by atoms with Crippen molar-refractivity contribution in [2.45, 2.75) is 44.9 Å². The van der Waals surface area contributed by atoms with Crippen molar-refractivity contribution in [2.24, 2.45) is 0 Å². The summed E-state index contributed by atoms with van der Waals surface area (Å²) in [5.41, 5.74) is 8.57. The summed E-state index contributed by atoms with van der Waals surface area (Å²) in [6.07, 6.45) is 3.89. The van der Waals surface area contributed by atoms with Gasteiger partial charge in [0.25, 0.3) is 0 Å². The fourth-order valence-electron chi connectivity index (χ4n) is 4.04. The van der Waals surface area contributed by atoms with Crippen LogP contribution in [0.3, 0.4) is 0 Å². The predicted molar refractivity (Wildman–Crippen MR) is 115 cm³/mol. The van der Waals surface area contributed by atoms with Gasteiger partial charge in [0.1, 0.15) is 5.60 Å². The number of anilines is 2. The molecule has 0 saturated carbocycles. The van der Waals surface area contributed by atoms with Gasteiger partial charge in [0.2, 0.25) is 0 Å². The Labute approximate surface area is 176 Å². The molecule has 1 aromatic heterocycles. The number of urea groups is 1. The zero-order chi connectivity index (χ0) is 21.5.